The lowest BCUT2D eigenvalue weighted by Crippen LogP contribution is -2.55. The molecule has 2 heterocycles. The largest absolute Gasteiger partial charge is 0.417 e. The molecule has 1 fully saturated rings. The van der Waals surface area contributed by atoms with Crippen LogP contribution >= 0.6 is 0 Å². The van der Waals surface area contributed by atoms with Gasteiger partial charge in [-0.15, -0.1) is 0 Å². The fraction of sp³-hybridized carbons (Fsp3) is 0.588. The fourth-order valence-corrected chi connectivity index (χ4v) is 3.55. The van der Waals surface area contributed by atoms with Gasteiger partial charge in [0.15, 0.2) is 5.60 Å². The number of alkyl halides is 3. The van der Waals surface area contributed by atoms with Gasteiger partial charge in [-0.3, -0.25) is 9.69 Å². The summed E-state index contributed by atoms with van der Waals surface area (Å²) in [6, 6.07) is 7.75. The van der Waals surface area contributed by atoms with Gasteiger partial charge in [0, 0.05) is 32.4 Å². The van der Waals surface area contributed by atoms with Crippen molar-refractivity contribution in [1.29, 1.82) is 0 Å². The molecule has 1 amide bonds. The van der Waals surface area contributed by atoms with Gasteiger partial charge in [0.2, 0.25) is 5.91 Å². The topological polar surface area (TPSA) is 32.8 Å². The number of para-hydroxylation sites is 1. The molecule has 0 N–H and O–H groups in total. The van der Waals surface area contributed by atoms with Crippen LogP contribution < -0.4 is 4.90 Å². The van der Waals surface area contributed by atoms with Gasteiger partial charge in [-0.1, -0.05) is 18.2 Å². The van der Waals surface area contributed by atoms with Crippen molar-refractivity contribution < 1.29 is 22.7 Å². The molecule has 0 atom stereocenters. The van der Waals surface area contributed by atoms with E-state index in [1.807, 2.05) is 24.3 Å². The van der Waals surface area contributed by atoms with Gasteiger partial charge < -0.3 is 9.64 Å². The summed E-state index contributed by atoms with van der Waals surface area (Å²) < 4.78 is 44.3. The molecule has 0 bridgehead atoms. The Morgan fingerprint density at radius 3 is 2.50 bits per heavy atom. The van der Waals surface area contributed by atoms with Crippen molar-refractivity contribution in [3.05, 3.63) is 29.8 Å². The van der Waals surface area contributed by atoms with Crippen LogP contribution in [0.1, 0.15) is 18.4 Å². The zero-order valence-electron chi connectivity index (χ0n) is 13.6. The maximum absolute atomic E-state index is 13.2. The molecule has 0 aliphatic carbocycles. The minimum atomic E-state index is -4.38. The van der Waals surface area contributed by atoms with E-state index in [0.717, 1.165) is 24.8 Å². The molecule has 1 saturated heterocycles. The number of ether oxygens (including phenoxy) is 1. The Balaban J connectivity index is 1.60. The number of hydrogen-bond donors (Lipinski definition) is 0. The van der Waals surface area contributed by atoms with E-state index in [2.05, 4.69) is 0 Å². The molecule has 7 heteroatoms. The Hall–Kier alpha value is -1.60. The van der Waals surface area contributed by atoms with Crippen LogP contribution in [0.25, 0.3) is 0 Å². The van der Waals surface area contributed by atoms with Crippen LogP contribution in [0.15, 0.2) is 24.3 Å². The van der Waals surface area contributed by atoms with Crippen molar-refractivity contribution in [2.75, 3.05) is 38.2 Å². The van der Waals surface area contributed by atoms with Gasteiger partial charge in [0.05, 0.1) is 6.54 Å². The summed E-state index contributed by atoms with van der Waals surface area (Å²) in [6.45, 7) is 1.19. The number of carbonyl (C=O) groups is 1. The summed E-state index contributed by atoms with van der Waals surface area (Å²) in [5.74, 6) is -0.0584. The van der Waals surface area contributed by atoms with Crippen LogP contribution in [0.4, 0.5) is 18.9 Å². The summed E-state index contributed by atoms with van der Waals surface area (Å²) in [5.41, 5.74) is -0.0201. The van der Waals surface area contributed by atoms with E-state index in [-0.39, 0.29) is 38.4 Å². The maximum Gasteiger partial charge on any atom is 0.417 e. The first-order valence-electron chi connectivity index (χ1n) is 8.09. The van der Waals surface area contributed by atoms with Gasteiger partial charge in [-0.25, -0.2) is 0 Å². The quantitative estimate of drug-likeness (QED) is 0.847. The Kier molecular flexibility index (Phi) is 4.57. The van der Waals surface area contributed by atoms with Crippen molar-refractivity contribution in [1.82, 2.24) is 4.90 Å². The predicted octanol–water partition coefficient (Wildman–Crippen LogP) is 2.62. The number of methoxy groups -OCH3 is 1. The highest BCUT2D eigenvalue weighted by Crippen LogP contribution is 2.41. The third-order valence-corrected chi connectivity index (χ3v) is 5.12. The lowest BCUT2D eigenvalue weighted by Gasteiger charge is -2.41. The second kappa shape index (κ2) is 6.37. The lowest BCUT2D eigenvalue weighted by atomic mass is 9.90. The summed E-state index contributed by atoms with van der Waals surface area (Å²) in [6.07, 6.45) is -3.84. The van der Waals surface area contributed by atoms with E-state index in [1.165, 1.54) is 0 Å². The van der Waals surface area contributed by atoms with Gasteiger partial charge >= 0.3 is 6.18 Å². The van der Waals surface area contributed by atoms with Crippen molar-refractivity contribution >= 4 is 11.6 Å². The van der Waals surface area contributed by atoms with Gasteiger partial charge in [-0.2, -0.15) is 13.2 Å². The van der Waals surface area contributed by atoms with Crippen LogP contribution in [-0.4, -0.2) is 55.9 Å². The van der Waals surface area contributed by atoms with Crippen LogP contribution in [0.3, 0.4) is 0 Å². The van der Waals surface area contributed by atoms with Crippen molar-refractivity contribution in [3.8, 4) is 0 Å². The normalized spacial score (nSPS) is 20.9. The van der Waals surface area contributed by atoms with E-state index in [9.17, 15) is 18.0 Å². The zero-order valence-corrected chi connectivity index (χ0v) is 13.6. The number of benzene rings is 1. The van der Waals surface area contributed by atoms with Crippen molar-refractivity contribution in [3.63, 3.8) is 0 Å². The highest BCUT2D eigenvalue weighted by Gasteiger charge is 2.56. The molecule has 2 aliphatic rings. The number of piperidine rings is 1. The molecule has 132 valence electrons. The number of carbonyl (C=O) groups excluding carboxylic acids is 1. The first-order chi connectivity index (χ1) is 11.4. The van der Waals surface area contributed by atoms with E-state index < -0.39 is 11.8 Å². The Labute approximate surface area is 139 Å². The summed E-state index contributed by atoms with van der Waals surface area (Å²) in [5, 5.41) is 0. The first-order valence-corrected chi connectivity index (χ1v) is 8.09. The average molecular weight is 342 g/mol. The molecular weight excluding hydrogens is 321 g/mol. The number of likely N-dealkylation sites (tertiary alicyclic amines) is 1. The zero-order chi connectivity index (χ0) is 17.4. The molecule has 24 heavy (non-hydrogen) atoms. The van der Waals surface area contributed by atoms with Crippen LogP contribution in [0, 0.1) is 0 Å². The highest BCUT2D eigenvalue weighted by molar-refractivity contribution is 5.96. The number of halogens is 3. The molecule has 3 rings (SSSR count). The van der Waals surface area contributed by atoms with Crippen molar-refractivity contribution in [2.45, 2.75) is 31.0 Å². The van der Waals surface area contributed by atoms with Gasteiger partial charge in [0.1, 0.15) is 0 Å². The van der Waals surface area contributed by atoms with E-state index in [4.69, 9.17) is 4.74 Å². The number of rotatable bonds is 3. The maximum atomic E-state index is 13.2. The number of hydrogen-bond acceptors (Lipinski definition) is 3. The Morgan fingerprint density at radius 1 is 1.21 bits per heavy atom. The second-order valence-corrected chi connectivity index (χ2v) is 6.40. The standard InChI is InChI=1S/C17H21F3N2O2/c1-24-16(17(18,19)20)7-10-21(11-8-16)12-15(23)22-9-6-13-4-2-3-5-14(13)22/h2-5H,6-12H2,1H3. The number of nitrogens with zero attached hydrogens (tertiary/aromatic N) is 2. The summed E-state index contributed by atoms with van der Waals surface area (Å²) in [7, 11) is 1.11. The minimum absolute atomic E-state index is 0.0584. The van der Waals surface area contributed by atoms with Crippen LogP contribution in [0.2, 0.25) is 0 Å². The second-order valence-electron chi connectivity index (χ2n) is 6.40. The molecule has 4 nitrogen and oxygen atoms in total. The molecule has 2 aliphatic heterocycles. The molecule has 1 aromatic rings. The minimum Gasteiger partial charge on any atom is -0.369 e. The molecular formula is C17H21F3N2O2. The van der Waals surface area contributed by atoms with Crippen molar-refractivity contribution in [2.24, 2.45) is 0 Å². The van der Waals surface area contributed by atoms with Gasteiger partial charge in [-0.05, 0) is 30.9 Å². The summed E-state index contributed by atoms with van der Waals surface area (Å²) >= 11 is 0. The molecule has 0 saturated carbocycles. The molecule has 1 aromatic carbocycles. The van der Waals surface area contributed by atoms with Crippen LogP contribution in [-0.2, 0) is 16.0 Å². The predicted molar refractivity (Wildman–Crippen MR) is 84.0 cm³/mol. The third-order valence-electron chi connectivity index (χ3n) is 5.12. The number of fused-ring (bicyclic) bond motifs is 1. The van der Waals surface area contributed by atoms with E-state index in [0.29, 0.717) is 6.54 Å². The molecule has 0 aromatic heterocycles. The van der Waals surface area contributed by atoms with Gasteiger partial charge in [0.25, 0.3) is 0 Å². The highest BCUT2D eigenvalue weighted by atomic mass is 19.4. The SMILES string of the molecule is COC1(C(F)(F)F)CCN(CC(=O)N2CCc3ccccc32)CC1. The molecule has 0 spiro atoms. The smallest absolute Gasteiger partial charge is 0.369 e. The van der Waals surface area contributed by atoms with E-state index >= 15 is 0 Å². The summed E-state index contributed by atoms with van der Waals surface area (Å²) in [4.78, 5) is 16.1. The Bertz CT molecular complexity index is 610. The Morgan fingerprint density at radius 2 is 1.88 bits per heavy atom. The fourth-order valence-electron chi connectivity index (χ4n) is 3.55. The lowest BCUT2D eigenvalue weighted by molar-refractivity contribution is -0.282. The number of amides is 1. The average Bonchev–Trinajstić information content (AvgIpc) is 2.98. The number of anilines is 1. The monoisotopic (exact) mass is 342 g/mol. The first kappa shape index (κ1) is 17.2. The third kappa shape index (κ3) is 3.02. The van der Waals surface area contributed by atoms with E-state index in [1.54, 1.807) is 9.80 Å². The molecule has 0 unspecified atom stereocenters. The molecule has 0 radical (unpaired) electrons. The van der Waals surface area contributed by atoms with Crippen LogP contribution in [0.5, 0.6) is 0 Å².